The molecule has 1 unspecified atom stereocenters. The Labute approximate surface area is 103 Å². The molecule has 0 bridgehead atoms. The van der Waals surface area contributed by atoms with Gasteiger partial charge in [-0.1, -0.05) is 11.6 Å². The van der Waals surface area contributed by atoms with Crippen molar-refractivity contribution in [3.05, 3.63) is 29.3 Å². The highest BCUT2D eigenvalue weighted by atomic mass is 35.5. The zero-order valence-corrected chi connectivity index (χ0v) is 9.59. The van der Waals surface area contributed by atoms with Crippen LogP contribution in [-0.4, -0.2) is 29.6 Å². The van der Waals surface area contributed by atoms with Gasteiger partial charge in [-0.05, 0) is 24.3 Å². The number of amides is 2. The van der Waals surface area contributed by atoms with E-state index in [1.807, 2.05) is 0 Å². The smallest absolute Gasteiger partial charge is 0.306 e. The van der Waals surface area contributed by atoms with Crippen LogP contribution in [0.25, 0.3) is 0 Å². The van der Waals surface area contributed by atoms with E-state index < -0.39 is 12.1 Å². The van der Waals surface area contributed by atoms with E-state index in [9.17, 15) is 9.59 Å². The van der Waals surface area contributed by atoms with Crippen molar-refractivity contribution in [2.75, 3.05) is 5.32 Å². The minimum atomic E-state index is -0.512. The van der Waals surface area contributed by atoms with Gasteiger partial charge in [-0.2, -0.15) is 5.10 Å². The molecule has 2 amide bonds. The van der Waals surface area contributed by atoms with Gasteiger partial charge in [0.15, 0.2) is 0 Å². The summed E-state index contributed by atoms with van der Waals surface area (Å²) >= 11 is 5.73. The first-order valence-electron chi connectivity index (χ1n) is 5.04. The van der Waals surface area contributed by atoms with Gasteiger partial charge in [-0.15, -0.1) is 0 Å². The van der Waals surface area contributed by atoms with Crippen molar-refractivity contribution in [2.24, 2.45) is 5.10 Å². The van der Waals surface area contributed by atoms with Gasteiger partial charge in [0, 0.05) is 23.3 Å². The molecule has 0 radical (unpaired) electrons. The standard InChI is InChI=1S/C11H10ClN3O2/c12-8-1-3-9(4-2-8)14-11(17)15-10(7-16)5-6-13-15/h1-4,6-7,10H,5H2,(H,14,17). The molecular formula is C11H10ClN3O2. The molecule has 0 saturated heterocycles. The van der Waals surface area contributed by atoms with Crippen molar-refractivity contribution in [3.8, 4) is 0 Å². The first kappa shape index (κ1) is 11.6. The zero-order chi connectivity index (χ0) is 12.3. The van der Waals surface area contributed by atoms with E-state index in [1.54, 1.807) is 30.5 Å². The third kappa shape index (κ3) is 2.62. The summed E-state index contributed by atoms with van der Waals surface area (Å²) in [6, 6.07) is 5.75. The predicted molar refractivity (Wildman–Crippen MR) is 65.3 cm³/mol. The number of carbonyl (C=O) groups excluding carboxylic acids is 2. The molecule has 1 aliphatic heterocycles. The molecule has 1 aliphatic rings. The molecular weight excluding hydrogens is 242 g/mol. The van der Waals surface area contributed by atoms with E-state index in [-0.39, 0.29) is 0 Å². The molecule has 0 saturated carbocycles. The van der Waals surface area contributed by atoms with E-state index in [1.165, 1.54) is 0 Å². The molecule has 17 heavy (non-hydrogen) atoms. The predicted octanol–water partition coefficient (Wildman–Crippen LogP) is 2.13. The van der Waals surface area contributed by atoms with Gasteiger partial charge >= 0.3 is 6.03 Å². The quantitative estimate of drug-likeness (QED) is 0.819. The highest BCUT2D eigenvalue weighted by Gasteiger charge is 2.26. The van der Waals surface area contributed by atoms with Crippen molar-refractivity contribution in [1.82, 2.24) is 5.01 Å². The number of nitrogens with one attached hydrogen (secondary N) is 1. The summed E-state index contributed by atoms with van der Waals surface area (Å²) in [5.74, 6) is 0. The van der Waals surface area contributed by atoms with Gasteiger partial charge in [0.05, 0.1) is 0 Å². The lowest BCUT2D eigenvalue weighted by atomic mass is 10.2. The van der Waals surface area contributed by atoms with Crippen LogP contribution in [0.4, 0.5) is 10.5 Å². The van der Waals surface area contributed by atoms with Gasteiger partial charge in [-0.25, -0.2) is 9.80 Å². The molecule has 0 fully saturated rings. The highest BCUT2D eigenvalue weighted by Crippen LogP contribution is 2.16. The van der Waals surface area contributed by atoms with Crippen LogP contribution in [0.3, 0.4) is 0 Å². The topological polar surface area (TPSA) is 61.8 Å². The summed E-state index contributed by atoms with van der Waals surface area (Å²) in [5.41, 5.74) is 0.603. The lowest BCUT2D eigenvalue weighted by Crippen LogP contribution is -2.36. The van der Waals surface area contributed by atoms with Crippen LogP contribution >= 0.6 is 11.6 Å². The van der Waals surface area contributed by atoms with Gasteiger partial charge < -0.3 is 10.1 Å². The number of benzene rings is 1. The fourth-order valence-electron chi connectivity index (χ4n) is 1.46. The van der Waals surface area contributed by atoms with Crippen molar-refractivity contribution in [2.45, 2.75) is 12.5 Å². The van der Waals surface area contributed by atoms with Crippen molar-refractivity contribution in [1.29, 1.82) is 0 Å². The summed E-state index contributed by atoms with van der Waals surface area (Å²) in [7, 11) is 0. The lowest BCUT2D eigenvalue weighted by Gasteiger charge is -2.17. The number of rotatable bonds is 2. The third-order valence-corrected chi connectivity index (χ3v) is 2.58. The number of urea groups is 1. The van der Waals surface area contributed by atoms with Crippen LogP contribution in [0.15, 0.2) is 29.4 Å². The number of carbonyl (C=O) groups is 2. The van der Waals surface area contributed by atoms with E-state index >= 15 is 0 Å². The molecule has 88 valence electrons. The largest absolute Gasteiger partial charge is 0.342 e. The van der Waals surface area contributed by atoms with Crippen LogP contribution in [0.1, 0.15) is 6.42 Å². The maximum absolute atomic E-state index is 11.8. The van der Waals surface area contributed by atoms with Crippen LogP contribution in [-0.2, 0) is 4.79 Å². The molecule has 1 atom stereocenters. The van der Waals surface area contributed by atoms with E-state index in [0.29, 0.717) is 23.4 Å². The Hall–Kier alpha value is -1.88. The molecule has 0 spiro atoms. The zero-order valence-electron chi connectivity index (χ0n) is 8.84. The average Bonchev–Trinajstić information content (AvgIpc) is 2.80. The Morgan fingerprint density at radius 3 is 2.82 bits per heavy atom. The van der Waals surface area contributed by atoms with Crippen LogP contribution in [0.2, 0.25) is 5.02 Å². The fraction of sp³-hybridized carbons (Fsp3) is 0.182. The van der Waals surface area contributed by atoms with E-state index in [4.69, 9.17) is 11.6 Å². The Morgan fingerprint density at radius 2 is 2.18 bits per heavy atom. The normalized spacial score (nSPS) is 18.2. The SMILES string of the molecule is O=CC1CC=NN1C(=O)Nc1ccc(Cl)cc1. The molecule has 5 nitrogen and oxygen atoms in total. The van der Waals surface area contributed by atoms with Crippen LogP contribution in [0.5, 0.6) is 0 Å². The summed E-state index contributed by atoms with van der Waals surface area (Å²) in [5, 5.41) is 8.19. The Morgan fingerprint density at radius 1 is 1.47 bits per heavy atom. The number of hydrazone groups is 1. The third-order valence-electron chi connectivity index (χ3n) is 2.33. The van der Waals surface area contributed by atoms with E-state index in [2.05, 4.69) is 10.4 Å². The molecule has 2 rings (SSSR count). The van der Waals surface area contributed by atoms with Crippen LogP contribution in [0, 0.1) is 0 Å². The molecule has 0 aliphatic carbocycles. The second-order valence-electron chi connectivity index (χ2n) is 3.52. The number of hydrogen-bond donors (Lipinski definition) is 1. The van der Waals surface area contributed by atoms with Crippen molar-refractivity contribution < 1.29 is 9.59 Å². The van der Waals surface area contributed by atoms with Gasteiger partial charge in [0.1, 0.15) is 12.3 Å². The average molecular weight is 252 g/mol. The van der Waals surface area contributed by atoms with Crippen LogP contribution < -0.4 is 5.32 Å². The second kappa shape index (κ2) is 4.97. The maximum atomic E-state index is 11.8. The van der Waals surface area contributed by atoms with Gasteiger partial charge in [-0.3, -0.25) is 0 Å². The lowest BCUT2D eigenvalue weighted by molar-refractivity contribution is -0.111. The Kier molecular flexibility index (Phi) is 3.39. The Bertz CT molecular complexity index is 458. The minimum absolute atomic E-state index is 0.432. The number of hydrogen-bond acceptors (Lipinski definition) is 3. The number of halogens is 1. The first-order valence-corrected chi connectivity index (χ1v) is 5.42. The fourth-order valence-corrected chi connectivity index (χ4v) is 1.58. The molecule has 1 heterocycles. The number of anilines is 1. The van der Waals surface area contributed by atoms with Crippen molar-refractivity contribution in [3.63, 3.8) is 0 Å². The Balaban J connectivity index is 2.04. The molecule has 6 heteroatoms. The molecule has 1 aromatic rings. The molecule has 1 N–H and O–H groups in total. The van der Waals surface area contributed by atoms with E-state index in [0.717, 1.165) is 5.01 Å². The first-order chi connectivity index (χ1) is 8.20. The summed E-state index contributed by atoms with van der Waals surface area (Å²) in [6.07, 6.45) is 2.70. The monoisotopic (exact) mass is 251 g/mol. The number of aldehydes is 1. The maximum Gasteiger partial charge on any atom is 0.342 e. The minimum Gasteiger partial charge on any atom is -0.306 e. The number of nitrogens with zero attached hydrogens (tertiary/aromatic N) is 2. The highest BCUT2D eigenvalue weighted by molar-refractivity contribution is 6.30. The summed E-state index contributed by atoms with van der Waals surface area (Å²) in [4.78, 5) is 22.5. The van der Waals surface area contributed by atoms with Crippen molar-refractivity contribution >= 4 is 35.8 Å². The molecule has 0 aromatic heterocycles. The van der Waals surface area contributed by atoms with Gasteiger partial charge in [0.25, 0.3) is 0 Å². The van der Waals surface area contributed by atoms with Gasteiger partial charge in [0.2, 0.25) is 0 Å². The summed E-state index contributed by atoms with van der Waals surface area (Å²) in [6.45, 7) is 0. The summed E-state index contributed by atoms with van der Waals surface area (Å²) < 4.78 is 0. The second-order valence-corrected chi connectivity index (χ2v) is 3.96. The molecule has 1 aromatic carbocycles.